The molecule has 4 heteroatoms. The van der Waals surface area contributed by atoms with Crippen LogP contribution in [0.4, 0.5) is 0 Å². The molecule has 3 aromatic carbocycles. The number of benzene rings is 2. The predicted molar refractivity (Wildman–Crippen MR) is 114 cm³/mol. The first-order valence-corrected chi connectivity index (χ1v) is 16.0. The van der Waals surface area contributed by atoms with Gasteiger partial charge in [0.2, 0.25) is 0 Å². The van der Waals surface area contributed by atoms with Crippen LogP contribution in [0, 0.1) is 6.08 Å². The van der Waals surface area contributed by atoms with Gasteiger partial charge in [0.15, 0.2) is 0 Å². The van der Waals surface area contributed by atoms with E-state index in [1.807, 2.05) is 12.2 Å². The number of hydrogen-bond donors (Lipinski definition) is 0. The smallest absolute Gasteiger partial charge is 0.00412 e. The summed E-state index contributed by atoms with van der Waals surface area (Å²) >= 11 is -0.826. The van der Waals surface area contributed by atoms with E-state index < -0.39 is 20.8 Å². The number of allylic oxidation sites excluding steroid dienone is 4. The van der Waals surface area contributed by atoms with E-state index in [1.54, 1.807) is 0 Å². The van der Waals surface area contributed by atoms with Crippen molar-refractivity contribution in [1.29, 1.82) is 0 Å². The van der Waals surface area contributed by atoms with Crippen molar-refractivity contribution in [2.75, 3.05) is 0 Å². The van der Waals surface area contributed by atoms with Gasteiger partial charge in [-0.1, -0.05) is 35.6 Å². The van der Waals surface area contributed by atoms with Crippen molar-refractivity contribution in [3.05, 3.63) is 96.8 Å². The maximum atomic E-state index is 4.93. The molecule has 5 rings (SSSR count). The number of halogens is 2. The molecule has 0 bridgehead atoms. The second kappa shape index (κ2) is 10.4. The summed E-state index contributed by atoms with van der Waals surface area (Å²) in [6.45, 7) is 0. The minimum Gasteiger partial charge on any atom is -0.157 e. The van der Waals surface area contributed by atoms with E-state index in [0.29, 0.717) is 0 Å². The molecule has 1 aliphatic carbocycles. The van der Waals surface area contributed by atoms with Crippen molar-refractivity contribution >= 4 is 45.8 Å². The molecule has 0 aliphatic heterocycles. The quantitative estimate of drug-likeness (QED) is 0.243. The molecule has 1 aromatic heterocycles. The third-order valence-corrected chi connectivity index (χ3v) is 6.25. The Kier molecular flexibility index (Phi) is 7.91. The summed E-state index contributed by atoms with van der Waals surface area (Å²) in [6.07, 6.45) is 10.0. The molecule has 1 aliphatic rings. The standard InChI is InChI=1S/C17H12P.C5H5.2ClH.Zr/c1-2-7-15-12-16(11-14(15)6-1)18-10-9-13-5-3-4-8-17(13)18;1-2-4-5-3-1;;;/h1-12H;1-3H,4H2;2*1H;/q2*-1;;;+4/p-2. The van der Waals surface area contributed by atoms with Crippen molar-refractivity contribution in [3.8, 4) is 5.30 Å². The summed E-state index contributed by atoms with van der Waals surface area (Å²) in [5.74, 6) is 2.37. The zero-order chi connectivity index (χ0) is 18.2. The number of rotatable bonds is 1. The molecule has 0 amide bonds. The molecule has 0 saturated heterocycles. The fraction of sp³-hybridized carbons (Fsp3) is 0.0455. The summed E-state index contributed by atoms with van der Waals surface area (Å²) < 4.78 is 0. The van der Waals surface area contributed by atoms with Gasteiger partial charge < -0.3 is 0 Å². The van der Waals surface area contributed by atoms with Crippen LogP contribution < -0.4 is 0 Å². The van der Waals surface area contributed by atoms with Gasteiger partial charge in [-0.25, -0.2) is 12.2 Å². The summed E-state index contributed by atoms with van der Waals surface area (Å²) in [6, 6.07) is 24.3. The normalized spacial score (nSPS) is 12.3. The second-order valence-electron chi connectivity index (χ2n) is 5.66. The number of hydrogen-bond acceptors (Lipinski definition) is 0. The van der Waals surface area contributed by atoms with Gasteiger partial charge in [0.1, 0.15) is 0 Å². The Labute approximate surface area is 174 Å². The predicted octanol–water partition coefficient (Wildman–Crippen LogP) is 8.37. The molecular weight excluding hydrogens is 457 g/mol. The van der Waals surface area contributed by atoms with E-state index in [2.05, 4.69) is 84.7 Å². The van der Waals surface area contributed by atoms with E-state index in [-0.39, 0.29) is 7.53 Å². The zero-order valence-electron chi connectivity index (χ0n) is 14.1. The Bertz CT molecular complexity index is 984. The molecular formula is C22H17Cl2PZr. The van der Waals surface area contributed by atoms with Crippen LogP contribution >= 0.6 is 24.6 Å². The van der Waals surface area contributed by atoms with E-state index >= 15 is 0 Å². The average molecular weight is 474 g/mol. The molecule has 0 fully saturated rings. The van der Waals surface area contributed by atoms with E-state index in [9.17, 15) is 0 Å². The van der Waals surface area contributed by atoms with Crippen LogP contribution in [0.15, 0.2) is 90.8 Å². The zero-order valence-corrected chi connectivity index (χ0v) is 18.9. The molecule has 0 spiro atoms. The van der Waals surface area contributed by atoms with Crippen molar-refractivity contribution in [1.82, 2.24) is 0 Å². The SMILES string of the molecule is [C-]1=CC=CC1.[Cl][Zr+2][Cl].c1ccc2[cH-]c(-p3ccc4ccccc43)cc2c1. The second-order valence-corrected chi connectivity index (χ2v) is 11.4. The summed E-state index contributed by atoms with van der Waals surface area (Å²) in [7, 11) is 9.58. The van der Waals surface area contributed by atoms with Gasteiger partial charge in [0, 0.05) is 5.12 Å². The largest absolute Gasteiger partial charge is 0.157 e. The average Bonchev–Trinajstić information content (AvgIpc) is 3.42. The van der Waals surface area contributed by atoms with Crippen LogP contribution in [-0.2, 0) is 20.8 Å². The first-order valence-electron chi connectivity index (χ1n) is 8.23. The Morgan fingerprint density at radius 2 is 1.69 bits per heavy atom. The number of fused-ring (bicyclic) bond motifs is 2. The van der Waals surface area contributed by atoms with Crippen LogP contribution in [-0.4, -0.2) is 0 Å². The fourth-order valence-electron chi connectivity index (χ4n) is 2.92. The third kappa shape index (κ3) is 5.05. The Balaban J connectivity index is 0.000000207. The summed E-state index contributed by atoms with van der Waals surface area (Å²) in [4.78, 5) is 0. The van der Waals surface area contributed by atoms with Gasteiger partial charge in [-0.15, -0.1) is 49.0 Å². The van der Waals surface area contributed by atoms with Gasteiger partial charge in [-0.2, -0.15) is 12.1 Å². The first kappa shape index (κ1) is 19.8. The molecule has 1 atom stereocenters. The van der Waals surface area contributed by atoms with E-state index in [4.69, 9.17) is 17.0 Å². The molecule has 1 heterocycles. The fourth-order valence-corrected chi connectivity index (χ4v) is 5.07. The topological polar surface area (TPSA) is 0 Å². The maximum Gasteiger partial charge on any atom is 0.00412 e. The molecule has 128 valence electrons. The van der Waals surface area contributed by atoms with Crippen molar-refractivity contribution in [3.63, 3.8) is 0 Å². The van der Waals surface area contributed by atoms with Gasteiger partial charge in [0.05, 0.1) is 0 Å². The molecule has 0 radical (unpaired) electrons. The first-order chi connectivity index (χ1) is 12.8. The Morgan fingerprint density at radius 1 is 0.962 bits per heavy atom. The van der Waals surface area contributed by atoms with Crippen LogP contribution in [0.5, 0.6) is 0 Å². The van der Waals surface area contributed by atoms with Gasteiger partial charge in [-0.3, -0.25) is 6.08 Å². The van der Waals surface area contributed by atoms with E-state index in [0.717, 1.165) is 6.42 Å². The Morgan fingerprint density at radius 3 is 2.35 bits per heavy atom. The van der Waals surface area contributed by atoms with E-state index in [1.165, 1.54) is 26.6 Å². The molecule has 26 heavy (non-hydrogen) atoms. The van der Waals surface area contributed by atoms with Crippen molar-refractivity contribution < 1.29 is 20.8 Å². The molecule has 1 unspecified atom stereocenters. The van der Waals surface area contributed by atoms with Crippen LogP contribution in [0.1, 0.15) is 6.42 Å². The third-order valence-electron chi connectivity index (χ3n) is 4.07. The van der Waals surface area contributed by atoms with Crippen LogP contribution in [0.2, 0.25) is 0 Å². The minimum atomic E-state index is -0.826. The van der Waals surface area contributed by atoms with Gasteiger partial charge >= 0.3 is 37.9 Å². The minimum absolute atomic E-state index is 0.283. The molecule has 0 N–H and O–H groups in total. The van der Waals surface area contributed by atoms with Gasteiger partial charge in [-0.05, 0) is 17.3 Å². The van der Waals surface area contributed by atoms with Gasteiger partial charge in [0.25, 0.3) is 0 Å². The van der Waals surface area contributed by atoms with Crippen molar-refractivity contribution in [2.45, 2.75) is 6.42 Å². The maximum absolute atomic E-state index is 4.93. The molecule has 0 saturated carbocycles. The summed E-state index contributed by atoms with van der Waals surface area (Å²) in [5, 5.41) is 7.05. The van der Waals surface area contributed by atoms with Crippen LogP contribution in [0.3, 0.4) is 0 Å². The van der Waals surface area contributed by atoms with Crippen molar-refractivity contribution in [2.24, 2.45) is 0 Å². The molecule has 0 nitrogen and oxygen atoms in total. The monoisotopic (exact) mass is 472 g/mol. The summed E-state index contributed by atoms with van der Waals surface area (Å²) in [5.41, 5.74) is 0. The Hall–Kier alpha value is -0.967. The molecule has 4 aromatic rings. The van der Waals surface area contributed by atoms with Crippen LogP contribution in [0.25, 0.3) is 26.6 Å².